The molecule has 0 spiro atoms. The zero-order valence-corrected chi connectivity index (χ0v) is 9.62. The third-order valence-corrected chi connectivity index (χ3v) is 2.32. The van der Waals surface area contributed by atoms with Gasteiger partial charge in [0, 0.05) is 24.7 Å². The van der Waals surface area contributed by atoms with Gasteiger partial charge in [-0.2, -0.15) is 0 Å². The molecule has 6 heteroatoms. The van der Waals surface area contributed by atoms with E-state index in [9.17, 15) is 9.59 Å². The van der Waals surface area contributed by atoms with Crippen molar-refractivity contribution in [3.8, 4) is 0 Å². The highest BCUT2D eigenvalue weighted by molar-refractivity contribution is 6.21. The van der Waals surface area contributed by atoms with Crippen LogP contribution in [0.25, 0.3) is 0 Å². The van der Waals surface area contributed by atoms with Crippen molar-refractivity contribution in [1.29, 1.82) is 0 Å². The third-order valence-electron chi connectivity index (χ3n) is 2.32. The standard InChI is InChI=1S/C11H16N2O4/c1-7-10(13-3-5-15)9(16)6-8(11(7)17)12-2-4-14/h6,12-15H,2-5H2,1H3. The van der Waals surface area contributed by atoms with Crippen molar-refractivity contribution in [3.63, 3.8) is 0 Å². The van der Waals surface area contributed by atoms with Crippen LogP contribution >= 0.6 is 0 Å². The van der Waals surface area contributed by atoms with Crippen LogP contribution in [-0.4, -0.2) is 48.1 Å². The van der Waals surface area contributed by atoms with Crippen molar-refractivity contribution in [1.82, 2.24) is 10.6 Å². The molecule has 0 amide bonds. The van der Waals surface area contributed by atoms with Gasteiger partial charge in [-0.15, -0.1) is 0 Å². The first kappa shape index (κ1) is 13.4. The number of rotatable bonds is 6. The summed E-state index contributed by atoms with van der Waals surface area (Å²) in [6.07, 6.45) is 1.20. The minimum atomic E-state index is -0.309. The lowest BCUT2D eigenvalue weighted by Crippen LogP contribution is -2.33. The second kappa shape index (κ2) is 6.17. The van der Waals surface area contributed by atoms with Gasteiger partial charge in [-0.1, -0.05) is 0 Å². The van der Waals surface area contributed by atoms with Crippen LogP contribution in [0.4, 0.5) is 0 Å². The van der Waals surface area contributed by atoms with Crippen molar-refractivity contribution < 1.29 is 19.8 Å². The highest BCUT2D eigenvalue weighted by atomic mass is 16.3. The number of aliphatic hydroxyl groups excluding tert-OH is 2. The van der Waals surface area contributed by atoms with Gasteiger partial charge in [0.15, 0.2) is 0 Å². The van der Waals surface area contributed by atoms with Crippen LogP contribution in [-0.2, 0) is 9.59 Å². The number of hydrogen-bond donors (Lipinski definition) is 4. The van der Waals surface area contributed by atoms with E-state index in [1.54, 1.807) is 6.92 Å². The summed E-state index contributed by atoms with van der Waals surface area (Å²) < 4.78 is 0. The Bertz CT molecular complexity index is 385. The van der Waals surface area contributed by atoms with Gasteiger partial charge >= 0.3 is 0 Å². The van der Waals surface area contributed by atoms with Crippen LogP contribution in [0.3, 0.4) is 0 Å². The Labute approximate surface area is 99.0 Å². The summed E-state index contributed by atoms with van der Waals surface area (Å²) in [4.78, 5) is 23.5. The molecule has 0 saturated heterocycles. The summed E-state index contributed by atoms with van der Waals surface area (Å²) >= 11 is 0. The monoisotopic (exact) mass is 240 g/mol. The molecule has 1 rings (SSSR count). The van der Waals surface area contributed by atoms with Crippen molar-refractivity contribution in [3.05, 3.63) is 23.0 Å². The smallest absolute Gasteiger partial charge is 0.206 e. The first-order valence-electron chi connectivity index (χ1n) is 5.33. The van der Waals surface area contributed by atoms with Crippen LogP contribution in [0.1, 0.15) is 6.92 Å². The van der Waals surface area contributed by atoms with Gasteiger partial charge in [0.1, 0.15) is 0 Å². The summed E-state index contributed by atoms with van der Waals surface area (Å²) in [7, 11) is 0. The Morgan fingerprint density at radius 1 is 1.12 bits per heavy atom. The molecular formula is C11H16N2O4. The largest absolute Gasteiger partial charge is 0.395 e. The summed E-state index contributed by atoms with van der Waals surface area (Å²) in [6.45, 7) is 1.76. The summed E-state index contributed by atoms with van der Waals surface area (Å²) in [5.41, 5.74) is 0.723. The van der Waals surface area contributed by atoms with Gasteiger partial charge in [-0.25, -0.2) is 0 Å². The van der Waals surface area contributed by atoms with E-state index < -0.39 is 0 Å². The van der Waals surface area contributed by atoms with Gasteiger partial charge in [-0.3, -0.25) is 9.59 Å². The predicted molar refractivity (Wildman–Crippen MR) is 61.0 cm³/mol. The maximum absolute atomic E-state index is 11.8. The van der Waals surface area contributed by atoms with Crippen LogP contribution in [0.5, 0.6) is 0 Å². The average molecular weight is 240 g/mol. The molecule has 0 atom stereocenters. The highest BCUT2D eigenvalue weighted by Gasteiger charge is 2.25. The van der Waals surface area contributed by atoms with Gasteiger partial charge in [0.2, 0.25) is 11.6 Å². The number of Topliss-reactive ketones (excluding diaryl/α,β-unsaturated/α-hetero) is 1. The lowest BCUT2D eigenvalue weighted by atomic mass is 9.98. The fourth-order valence-corrected chi connectivity index (χ4v) is 1.49. The first-order chi connectivity index (χ1) is 8.11. The number of hydrogen-bond acceptors (Lipinski definition) is 6. The summed E-state index contributed by atoms with van der Waals surface area (Å²) in [6, 6.07) is 0. The zero-order valence-electron chi connectivity index (χ0n) is 9.62. The number of nitrogens with one attached hydrogen (secondary N) is 2. The normalized spacial score (nSPS) is 16.1. The molecule has 17 heavy (non-hydrogen) atoms. The lowest BCUT2D eigenvalue weighted by molar-refractivity contribution is -0.116. The maximum Gasteiger partial charge on any atom is 0.206 e. The average Bonchev–Trinajstić information content (AvgIpc) is 2.32. The van der Waals surface area contributed by atoms with E-state index in [1.807, 2.05) is 0 Å². The Kier molecular flexibility index (Phi) is 4.86. The molecular weight excluding hydrogens is 224 g/mol. The molecule has 6 nitrogen and oxygen atoms in total. The minimum absolute atomic E-state index is 0.114. The minimum Gasteiger partial charge on any atom is -0.395 e. The Morgan fingerprint density at radius 2 is 1.71 bits per heavy atom. The molecule has 0 aromatic carbocycles. The number of ketones is 2. The summed E-state index contributed by atoms with van der Waals surface area (Å²) in [5, 5.41) is 22.7. The molecule has 0 aliphatic heterocycles. The molecule has 0 aromatic heterocycles. The van der Waals surface area contributed by atoms with Gasteiger partial charge in [0.25, 0.3) is 0 Å². The van der Waals surface area contributed by atoms with Crippen LogP contribution in [0, 0.1) is 0 Å². The van der Waals surface area contributed by atoms with Gasteiger partial charge in [0.05, 0.1) is 24.6 Å². The van der Waals surface area contributed by atoms with Gasteiger partial charge in [-0.05, 0) is 6.92 Å². The molecule has 1 aliphatic rings. The maximum atomic E-state index is 11.8. The summed E-state index contributed by atoms with van der Waals surface area (Å²) in [5.74, 6) is -0.588. The van der Waals surface area contributed by atoms with E-state index in [-0.39, 0.29) is 49.3 Å². The molecule has 0 radical (unpaired) electrons. The SMILES string of the molecule is CC1=C(NCCO)C(=O)C=C(NCCO)C1=O. The molecule has 0 heterocycles. The fraction of sp³-hybridized carbons (Fsp3) is 0.455. The van der Waals surface area contributed by atoms with E-state index in [0.717, 1.165) is 0 Å². The Morgan fingerprint density at radius 3 is 2.29 bits per heavy atom. The van der Waals surface area contributed by atoms with Crippen molar-refractivity contribution in [2.24, 2.45) is 0 Å². The molecule has 0 bridgehead atoms. The number of aliphatic hydroxyl groups is 2. The molecule has 4 N–H and O–H groups in total. The van der Waals surface area contributed by atoms with E-state index >= 15 is 0 Å². The molecule has 0 aromatic rings. The molecule has 0 fully saturated rings. The zero-order chi connectivity index (χ0) is 12.8. The second-order valence-electron chi connectivity index (χ2n) is 3.55. The molecule has 1 aliphatic carbocycles. The van der Waals surface area contributed by atoms with Crippen LogP contribution in [0.2, 0.25) is 0 Å². The number of carbonyl (C=O) groups is 2. The van der Waals surface area contributed by atoms with Crippen molar-refractivity contribution in [2.75, 3.05) is 26.3 Å². The Hall–Kier alpha value is -1.66. The predicted octanol–water partition coefficient (Wildman–Crippen LogP) is -1.54. The van der Waals surface area contributed by atoms with E-state index in [0.29, 0.717) is 5.57 Å². The number of allylic oxidation sites excluding steroid dienone is 2. The van der Waals surface area contributed by atoms with E-state index in [1.165, 1.54) is 6.08 Å². The second-order valence-corrected chi connectivity index (χ2v) is 3.55. The quantitative estimate of drug-likeness (QED) is 0.420. The molecule has 94 valence electrons. The van der Waals surface area contributed by atoms with Crippen LogP contribution in [0.15, 0.2) is 23.0 Å². The van der Waals surface area contributed by atoms with Crippen molar-refractivity contribution >= 4 is 11.6 Å². The molecule has 0 unspecified atom stereocenters. The van der Waals surface area contributed by atoms with Gasteiger partial charge < -0.3 is 20.8 Å². The van der Waals surface area contributed by atoms with E-state index in [2.05, 4.69) is 10.6 Å². The first-order valence-corrected chi connectivity index (χ1v) is 5.33. The number of carbonyl (C=O) groups excluding carboxylic acids is 2. The lowest BCUT2D eigenvalue weighted by Gasteiger charge is -2.18. The van der Waals surface area contributed by atoms with E-state index in [4.69, 9.17) is 10.2 Å². The fourth-order valence-electron chi connectivity index (χ4n) is 1.49. The molecule has 0 saturated carbocycles. The topological polar surface area (TPSA) is 98.7 Å². The van der Waals surface area contributed by atoms with Crippen molar-refractivity contribution in [2.45, 2.75) is 6.92 Å². The Balaban J connectivity index is 2.82. The third kappa shape index (κ3) is 3.15. The highest BCUT2D eigenvalue weighted by Crippen LogP contribution is 2.15. The van der Waals surface area contributed by atoms with Crippen LogP contribution < -0.4 is 10.6 Å².